The van der Waals surface area contributed by atoms with Crippen LogP contribution in [0.5, 0.6) is 0 Å². The first-order valence-corrected chi connectivity index (χ1v) is 1.53. The molecule has 0 aromatic rings. The second kappa shape index (κ2) is 1.57. The van der Waals surface area contributed by atoms with Crippen molar-refractivity contribution in [2.24, 2.45) is 0 Å². The van der Waals surface area contributed by atoms with Crippen molar-refractivity contribution >= 4 is 11.6 Å². The molecule has 0 rings (SSSR count). The molecule has 0 aliphatic heterocycles. The standard InChI is InChI=1S/CClF2NO2/c2-1(3,4)5(6)7. The lowest BCUT2D eigenvalue weighted by molar-refractivity contribution is -0.610. The number of hydrogen-bond donors (Lipinski definition) is 0. The van der Waals surface area contributed by atoms with Crippen molar-refractivity contribution in [3.63, 3.8) is 0 Å². The summed E-state index contributed by atoms with van der Waals surface area (Å²) in [6, 6.07) is 0. The van der Waals surface area contributed by atoms with Crippen LogP contribution in [-0.4, -0.2) is 10.4 Å². The van der Waals surface area contributed by atoms with E-state index in [0.29, 0.717) is 0 Å². The molecule has 7 heavy (non-hydrogen) atoms. The van der Waals surface area contributed by atoms with Crippen molar-refractivity contribution in [1.29, 1.82) is 0 Å². The van der Waals surface area contributed by atoms with E-state index in [9.17, 15) is 8.78 Å². The molecule has 0 atom stereocenters. The van der Waals surface area contributed by atoms with Crippen molar-refractivity contribution in [3.05, 3.63) is 10.1 Å². The first-order chi connectivity index (χ1) is 2.94. The van der Waals surface area contributed by atoms with E-state index in [0.717, 1.165) is 0 Å². The zero-order valence-corrected chi connectivity index (χ0v) is 3.65. The van der Waals surface area contributed by atoms with Gasteiger partial charge in [0, 0.05) is 11.6 Å². The zero-order chi connectivity index (χ0) is 6.08. The summed E-state index contributed by atoms with van der Waals surface area (Å²) < 4.78 is 21.8. The van der Waals surface area contributed by atoms with Crippen LogP contribution < -0.4 is 0 Å². The molecule has 0 aromatic heterocycles. The Morgan fingerprint density at radius 2 is 1.86 bits per heavy atom. The number of halogens is 3. The van der Waals surface area contributed by atoms with Gasteiger partial charge in [-0.3, -0.25) is 10.1 Å². The lowest BCUT2D eigenvalue weighted by atomic mass is 11.3. The van der Waals surface area contributed by atoms with E-state index in [1.807, 2.05) is 0 Å². The monoisotopic (exact) mass is 131 g/mol. The molecule has 6 heteroatoms. The summed E-state index contributed by atoms with van der Waals surface area (Å²) in [5, 5.41) is 8.94. The number of nitrogens with zero attached hydrogens (tertiary/aromatic N) is 1. The largest absolute Gasteiger partial charge is 0.599 e. The highest BCUT2D eigenvalue weighted by Gasteiger charge is 2.40. The molecule has 0 aromatic carbocycles. The molecule has 42 valence electrons. The van der Waals surface area contributed by atoms with Crippen molar-refractivity contribution in [2.75, 3.05) is 0 Å². The van der Waals surface area contributed by atoms with Crippen molar-refractivity contribution in [2.45, 2.75) is 5.51 Å². The Labute approximate surface area is 42.0 Å². The predicted molar refractivity (Wildman–Crippen MR) is 17.8 cm³/mol. The minimum Gasteiger partial charge on any atom is -0.258 e. The van der Waals surface area contributed by atoms with Crippen LogP contribution in [-0.2, 0) is 0 Å². The lowest BCUT2D eigenvalue weighted by Crippen LogP contribution is -2.18. The summed E-state index contributed by atoms with van der Waals surface area (Å²) in [6.07, 6.45) is 0. The Hall–Kier alpha value is -0.450. The van der Waals surface area contributed by atoms with Gasteiger partial charge in [0.05, 0.1) is 0 Å². The van der Waals surface area contributed by atoms with Crippen LogP contribution in [0.1, 0.15) is 0 Å². The van der Waals surface area contributed by atoms with Crippen molar-refractivity contribution in [3.8, 4) is 0 Å². The van der Waals surface area contributed by atoms with E-state index < -0.39 is 10.4 Å². The van der Waals surface area contributed by atoms with Crippen LogP contribution >= 0.6 is 11.6 Å². The third-order valence-electron chi connectivity index (χ3n) is 0.207. The van der Waals surface area contributed by atoms with Crippen LogP contribution in [0.15, 0.2) is 0 Å². The average Bonchev–Trinajstić information content (AvgIpc) is 1.31. The smallest absolute Gasteiger partial charge is 0.258 e. The fraction of sp³-hybridized carbons (Fsp3) is 1.00. The summed E-state index contributed by atoms with van der Waals surface area (Å²) in [7, 11) is 0. The number of nitro groups is 1. The molecule has 0 unspecified atom stereocenters. The van der Waals surface area contributed by atoms with Crippen molar-refractivity contribution < 1.29 is 13.7 Å². The molecule has 0 fully saturated rings. The van der Waals surface area contributed by atoms with E-state index in [4.69, 9.17) is 10.1 Å². The Morgan fingerprint density at radius 1 is 1.71 bits per heavy atom. The molecule has 0 amide bonds. The van der Waals surface area contributed by atoms with E-state index in [-0.39, 0.29) is 0 Å². The SMILES string of the molecule is O=[N+]([O-])C(F)(F)Cl. The van der Waals surface area contributed by atoms with Gasteiger partial charge in [0.2, 0.25) is 0 Å². The van der Waals surface area contributed by atoms with Gasteiger partial charge in [-0.15, -0.1) is 8.78 Å². The lowest BCUT2D eigenvalue weighted by Gasteiger charge is -1.91. The van der Waals surface area contributed by atoms with Gasteiger partial charge >= 0.3 is 5.51 Å². The van der Waals surface area contributed by atoms with Gasteiger partial charge in [-0.25, -0.2) is 0 Å². The third kappa shape index (κ3) is 2.27. The maximum absolute atomic E-state index is 10.9. The maximum Gasteiger partial charge on any atom is 0.599 e. The number of alkyl halides is 3. The highest BCUT2D eigenvalue weighted by atomic mass is 35.5. The van der Waals surface area contributed by atoms with Crippen LogP contribution in [0.25, 0.3) is 0 Å². The normalized spacial score (nSPS) is 11.3. The van der Waals surface area contributed by atoms with Gasteiger partial charge in [0.15, 0.2) is 0 Å². The van der Waals surface area contributed by atoms with E-state index >= 15 is 0 Å². The average molecular weight is 131 g/mol. The Kier molecular flexibility index (Phi) is 1.47. The van der Waals surface area contributed by atoms with Crippen molar-refractivity contribution in [1.82, 2.24) is 0 Å². The Morgan fingerprint density at radius 3 is 1.86 bits per heavy atom. The van der Waals surface area contributed by atoms with E-state index in [1.165, 1.54) is 0 Å². The first kappa shape index (κ1) is 6.55. The molecule has 0 aliphatic rings. The summed E-state index contributed by atoms with van der Waals surface area (Å²) in [6.45, 7) is 0. The fourth-order valence-electron chi connectivity index (χ4n) is 0. The highest BCUT2D eigenvalue weighted by Crippen LogP contribution is 2.17. The molecular weight excluding hydrogens is 131 g/mol. The fourth-order valence-corrected chi connectivity index (χ4v) is 0. The van der Waals surface area contributed by atoms with Crippen LogP contribution in [0.2, 0.25) is 0 Å². The quantitative estimate of drug-likeness (QED) is 0.231. The molecule has 0 aliphatic carbocycles. The molecule has 0 saturated carbocycles. The summed E-state index contributed by atoms with van der Waals surface area (Å²) in [5.74, 6) is 0. The highest BCUT2D eigenvalue weighted by molar-refractivity contribution is 6.20. The van der Waals surface area contributed by atoms with E-state index in [1.54, 1.807) is 0 Å². The third-order valence-corrected chi connectivity index (χ3v) is 0.345. The van der Waals surface area contributed by atoms with Gasteiger partial charge < -0.3 is 0 Å². The summed E-state index contributed by atoms with van der Waals surface area (Å²) >= 11 is 3.84. The minimum absolute atomic E-state index is 1.88. The van der Waals surface area contributed by atoms with Gasteiger partial charge in [0.25, 0.3) is 0 Å². The second-order valence-electron chi connectivity index (χ2n) is 0.725. The summed E-state index contributed by atoms with van der Waals surface area (Å²) in [4.78, 5) is 7.06. The van der Waals surface area contributed by atoms with Gasteiger partial charge in [-0.1, -0.05) is 0 Å². The second-order valence-corrected chi connectivity index (χ2v) is 1.18. The molecule has 0 saturated heterocycles. The minimum atomic E-state index is -4.31. The number of hydrogen-bond acceptors (Lipinski definition) is 2. The Bertz CT molecular complexity index is 88.2. The van der Waals surface area contributed by atoms with Gasteiger partial charge in [-0.2, -0.15) is 0 Å². The zero-order valence-electron chi connectivity index (χ0n) is 2.90. The van der Waals surface area contributed by atoms with Crippen LogP contribution in [0, 0.1) is 10.1 Å². The van der Waals surface area contributed by atoms with Crippen LogP contribution in [0.4, 0.5) is 8.78 Å². The molecular formula is CClF2NO2. The summed E-state index contributed by atoms with van der Waals surface area (Å²) in [5.41, 5.74) is -4.31. The maximum atomic E-state index is 10.9. The molecule has 0 spiro atoms. The molecule has 3 nitrogen and oxygen atoms in total. The molecule has 0 heterocycles. The van der Waals surface area contributed by atoms with Crippen LogP contribution in [0.3, 0.4) is 0 Å². The molecule has 0 bridgehead atoms. The number of rotatable bonds is 1. The molecule has 0 N–H and O–H groups in total. The Balaban J connectivity index is 3.79. The van der Waals surface area contributed by atoms with E-state index in [2.05, 4.69) is 11.6 Å². The molecule has 0 radical (unpaired) electrons. The topological polar surface area (TPSA) is 43.1 Å². The predicted octanol–water partition coefficient (Wildman–Crippen LogP) is 1.05. The van der Waals surface area contributed by atoms with Gasteiger partial charge in [0.1, 0.15) is 4.92 Å². The van der Waals surface area contributed by atoms with Gasteiger partial charge in [-0.05, 0) is 0 Å². The first-order valence-electron chi connectivity index (χ1n) is 1.16.